The summed E-state index contributed by atoms with van der Waals surface area (Å²) >= 11 is 0. The number of rotatable bonds is 3. The molecule has 0 saturated carbocycles. The Morgan fingerprint density at radius 1 is 1.38 bits per heavy atom. The van der Waals surface area contributed by atoms with Crippen molar-refractivity contribution in [1.29, 1.82) is 0 Å². The average Bonchev–Trinajstić information content (AvgIpc) is 3.23. The zero-order valence-electron chi connectivity index (χ0n) is 13.2. The molecule has 1 fully saturated rings. The summed E-state index contributed by atoms with van der Waals surface area (Å²) in [5.41, 5.74) is -0.866. The van der Waals surface area contributed by atoms with Crippen molar-refractivity contribution >= 4 is 5.91 Å². The fourth-order valence-electron chi connectivity index (χ4n) is 3.03. The van der Waals surface area contributed by atoms with Crippen molar-refractivity contribution in [2.75, 3.05) is 13.1 Å². The minimum Gasteiger partial charge on any atom is -0.357 e. The Morgan fingerprint density at radius 3 is 2.67 bits per heavy atom. The van der Waals surface area contributed by atoms with Gasteiger partial charge < -0.3 is 14.5 Å². The van der Waals surface area contributed by atoms with E-state index in [1.807, 2.05) is 11.5 Å². The average molecular weight is 341 g/mol. The number of halogens is 3. The van der Waals surface area contributed by atoms with Crippen LogP contribution in [0.5, 0.6) is 0 Å². The van der Waals surface area contributed by atoms with Crippen LogP contribution in [0.4, 0.5) is 13.2 Å². The molecule has 3 rings (SSSR count). The summed E-state index contributed by atoms with van der Waals surface area (Å²) < 4.78 is 39.8. The minimum absolute atomic E-state index is 0.0394. The summed E-state index contributed by atoms with van der Waals surface area (Å²) in [7, 11) is 0. The van der Waals surface area contributed by atoms with Crippen molar-refractivity contribution in [1.82, 2.24) is 24.6 Å². The Balaban J connectivity index is 1.64. The lowest BCUT2D eigenvalue weighted by molar-refractivity contribution is -0.140. The number of hydrogen-bond donors (Lipinski definition) is 1. The molecule has 1 saturated heterocycles. The standard InChI is InChI=1S/C15H18F3N5O/c1-2-22-9-20-21-13(22)10-3-5-23(6-4-10)14(24)11-7-12(19-8-11)15(16,17)18/h7-10,19H,2-6H2,1H3. The summed E-state index contributed by atoms with van der Waals surface area (Å²) in [5.74, 6) is 0.747. The Hall–Kier alpha value is -2.32. The lowest BCUT2D eigenvalue weighted by Crippen LogP contribution is -2.38. The Bertz CT molecular complexity index is 713. The fourth-order valence-corrected chi connectivity index (χ4v) is 3.03. The van der Waals surface area contributed by atoms with Gasteiger partial charge in [-0.3, -0.25) is 4.79 Å². The highest BCUT2D eigenvalue weighted by molar-refractivity contribution is 5.94. The van der Waals surface area contributed by atoms with Crippen LogP contribution < -0.4 is 0 Å². The molecule has 0 unspecified atom stereocenters. The SMILES string of the molecule is CCn1cnnc1C1CCN(C(=O)c2c[nH]c(C(F)(F)F)c2)CC1. The molecule has 1 aliphatic rings. The molecule has 130 valence electrons. The number of nitrogens with one attached hydrogen (secondary N) is 1. The predicted octanol–water partition coefficient (Wildman–Crippen LogP) is 2.66. The Labute approximate surface area is 136 Å². The molecule has 6 nitrogen and oxygen atoms in total. The van der Waals surface area contributed by atoms with Gasteiger partial charge in [0.25, 0.3) is 5.91 Å². The van der Waals surface area contributed by atoms with Gasteiger partial charge in [-0.05, 0) is 25.8 Å². The quantitative estimate of drug-likeness (QED) is 0.933. The van der Waals surface area contributed by atoms with E-state index >= 15 is 0 Å². The summed E-state index contributed by atoms with van der Waals surface area (Å²) in [5, 5.41) is 8.07. The number of piperidine rings is 1. The number of nitrogens with zero attached hydrogens (tertiary/aromatic N) is 4. The van der Waals surface area contributed by atoms with Gasteiger partial charge in [0.05, 0.1) is 5.56 Å². The van der Waals surface area contributed by atoms with Crippen molar-refractivity contribution in [3.05, 3.63) is 35.7 Å². The Morgan fingerprint density at radius 2 is 2.08 bits per heavy atom. The zero-order chi connectivity index (χ0) is 17.3. The van der Waals surface area contributed by atoms with E-state index in [4.69, 9.17) is 0 Å². The van der Waals surface area contributed by atoms with Crippen LogP contribution in [0.2, 0.25) is 0 Å². The third kappa shape index (κ3) is 3.15. The van der Waals surface area contributed by atoms with Crippen LogP contribution in [0.3, 0.4) is 0 Å². The van der Waals surface area contributed by atoms with Gasteiger partial charge in [0.2, 0.25) is 0 Å². The second-order valence-electron chi connectivity index (χ2n) is 5.84. The maximum atomic E-state index is 12.6. The van der Waals surface area contributed by atoms with E-state index in [1.54, 1.807) is 11.2 Å². The second kappa shape index (κ2) is 6.29. The number of amides is 1. The molecule has 3 heterocycles. The minimum atomic E-state index is -4.48. The first kappa shape index (κ1) is 16.5. The lowest BCUT2D eigenvalue weighted by Gasteiger charge is -2.31. The molecule has 0 aromatic carbocycles. The van der Waals surface area contributed by atoms with Crippen molar-refractivity contribution in [2.24, 2.45) is 0 Å². The first-order valence-electron chi connectivity index (χ1n) is 7.82. The smallest absolute Gasteiger partial charge is 0.357 e. The second-order valence-corrected chi connectivity index (χ2v) is 5.84. The van der Waals surface area contributed by atoms with Crippen LogP contribution in [0.1, 0.15) is 47.6 Å². The topological polar surface area (TPSA) is 66.8 Å². The molecule has 1 aliphatic heterocycles. The van der Waals surface area contributed by atoms with Crippen LogP contribution in [-0.2, 0) is 12.7 Å². The van der Waals surface area contributed by atoms with Crippen LogP contribution >= 0.6 is 0 Å². The maximum Gasteiger partial charge on any atom is 0.431 e. The van der Waals surface area contributed by atoms with E-state index in [2.05, 4.69) is 15.2 Å². The number of aryl methyl sites for hydroxylation is 1. The number of aromatic amines is 1. The van der Waals surface area contributed by atoms with Crippen LogP contribution in [0, 0.1) is 0 Å². The van der Waals surface area contributed by atoms with Crippen molar-refractivity contribution < 1.29 is 18.0 Å². The largest absolute Gasteiger partial charge is 0.431 e. The first-order chi connectivity index (χ1) is 11.4. The molecule has 0 bridgehead atoms. The van der Waals surface area contributed by atoms with E-state index in [0.717, 1.165) is 37.5 Å². The monoisotopic (exact) mass is 341 g/mol. The van der Waals surface area contributed by atoms with E-state index in [-0.39, 0.29) is 17.4 Å². The van der Waals surface area contributed by atoms with E-state index in [9.17, 15) is 18.0 Å². The highest BCUT2D eigenvalue weighted by atomic mass is 19.4. The molecule has 24 heavy (non-hydrogen) atoms. The number of carbonyl (C=O) groups is 1. The van der Waals surface area contributed by atoms with Gasteiger partial charge in [-0.1, -0.05) is 0 Å². The van der Waals surface area contributed by atoms with Crippen LogP contribution in [0.25, 0.3) is 0 Å². The molecule has 0 spiro atoms. The number of alkyl halides is 3. The van der Waals surface area contributed by atoms with Gasteiger partial charge in [0, 0.05) is 31.7 Å². The van der Waals surface area contributed by atoms with Gasteiger partial charge in [0.15, 0.2) is 0 Å². The molecule has 1 amide bonds. The summed E-state index contributed by atoms with van der Waals surface area (Å²) in [6.45, 7) is 3.78. The predicted molar refractivity (Wildman–Crippen MR) is 79.4 cm³/mol. The number of hydrogen-bond acceptors (Lipinski definition) is 3. The van der Waals surface area contributed by atoms with Gasteiger partial charge in [-0.15, -0.1) is 10.2 Å². The lowest BCUT2D eigenvalue weighted by atomic mass is 9.95. The molecule has 0 radical (unpaired) electrons. The van der Waals surface area contributed by atoms with E-state index in [1.165, 1.54) is 0 Å². The van der Waals surface area contributed by atoms with Gasteiger partial charge in [0.1, 0.15) is 17.8 Å². The number of H-pyrrole nitrogens is 1. The molecule has 0 aliphatic carbocycles. The highest BCUT2D eigenvalue weighted by Gasteiger charge is 2.34. The Kier molecular flexibility index (Phi) is 4.33. The summed E-state index contributed by atoms with van der Waals surface area (Å²) in [4.78, 5) is 16.1. The summed E-state index contributed by atoms with van der Waals surface area (Å²) in [6, 6.07) is 0.863. The zero-order valence-corrected chi connectivity index (χ0v) is 13.2. The van der Waals surface area contributed by atoms with Crippen molar-refractivity contribution in [3.8, 4) is 0 Å². The number of carbonyl (C=O) groups excluding carboxylic acids is 1. The molecular formula is C15H18F3N5O. The van der Waals surface area contributed by atoms with Gasteiger partial charge >= 0.3 is 6.18 Å². The number of likely N-dealkylation sites (tertiary alicyclic amines) is 1. The molecule has 1 N–H and O–H groups in total. The van der Waals surface area contributed by atoms with Gasteiger partial charge in [-0.2, -0.15) is 13.2 Å². The van der Waals surface area contributed by atoms with Crippen LogP contribution in [-0.4, -0.2) is 43.6 Å². The third-order valence-corrected chi connectivity index (χ3v) is 4.37. The van der Waals surface area contributed by atoms with Crippen molar-refractivity contribution in [3.63, 3.8) is 0 Å². The van der Waals surface area contributed by atoms with E-state index in [0.29, 0.717) is 13.1 Å². The first-order valence-corrected chi connectivity index (χ1v) is 7.82. The van der Waals surface area contributed by atoms with Gasteiger partial charge in [-0.25, -0.2) is 0 Å². The normalized spacial score (nSPS) is 16.6. The molecule has 0 atom stereocenters. The maximum absolute atomic E-state index is 12.6. The van der Waals surface area contributed by atoms with Crippen LogP contribution in [0.15, 0.2) is 18.6 Å². The number of aromatic nitrogens is 4. The molecule has 2 aromatic heterocycles. The highest BCUT2D eigenvalue weighted by Crippen LogP contribution is 2.30. The molecular weight excluding hydrogens is 323 g/mol. The van der Waals surface area contributed by atoms with E-state index < -0.39 is 11.9 Å². The fraction of sp³-hybridized carbons (Fsp3) is 0.533. The van der Waals surface area contributed by atoms with Crippen molar-refractivity contribution in [2.45, 2.75) is 38.4 Å². The third-order valence-electron chi connectivity index (χ3n) is 4.37. The summed E-state index contributed by atoms with van der Waals surface area (Å²) in [6.07, 6.45) is -0.228. The molecule has 2 aromatic rings. The molecule has 9 heteroatoms.